The van der Waals surface area contributed by atoms with E-state index in [-0.39, 0.29) is 64.1 Å². The van der Waals surface area contributed by atoms with Gasteiger partial charge in [0.1, 0.15) is 35.6 Å². The number of esters is 4. The van der Waals surface area contributed by atoms with Crippen LogP contribution in [0.5, 0.6) is 51.7 Å². The molecule has 7 atom stereocenters. The number of anilines is 1. The van der Waals surface area contributed by atoms with Gasteiger partial charge in [0.25, 0.3) is 5.91 Å². The van der Waals surface area contributed by atoms with Crippen molar-refractivity contribution in [1.29, 1.82) is 0 Å². The van der Waals surface area contributed by atoms with Gasteiger partial charge < -0.3 is 75.2 Å². The normalized spacial score (nSPS) is 20.8. The van der Waals surface area contributed by atoms with Crippen LogP contribution in [0.2, 0.25) is 0 Å². The molecule has 1 fully saturated rings. The molecule has 21 nitrogen and oxygen atoms in total. The number of para-hydroxylation sites is 1. The molecule has 0 radical (unpaired) electrons. The number of phenolic OH excluding ortho intramolecular Hbond substituents is 8. The predicted octanol–water partition coefficient (Wildman–Crippen LogP) is 5.62. The minimum atomic E-state index is -1.42. The maximum atomic E-state index is 13.3. The fourth-order valence-electron chi connectivity index (χ4n) is 7.70. The number of fused-ring (bicyclic) bond motifs is 1. The van der Waals surface area contributed by atoms with Crippen LogP contribution in [0, 0.1) is 11.8 Å². The van der Waals surface area contributed by atoms with E-state index in [9.17, 15) is 69.6 Å². The molecule has 2 aliphatic heterocycles. The minimum absolute atomic E-state index is 0.00114. The highest BCUT2D eigenvalue weighted by Gasteiger charge is 2.44. The molecule has 7 unspecified atom stereocenters. The SMILES string of the molecule is CCCCCC1C(=O)OC(C)C(NC(=O)c2cccc(NC=O)c2O)C(=O)OC(C)C1OC(=O)CC(C)C.O=C(OC1Cc2c(O)cc(O)cc2OC1c1ccc(O)c(O)c1)c1cc(O)c(O)c(O)c1. The van der Waals surface area contributed by atoms with Crippen molar-refractivity contribution in [3.05, 3.63) is 82.9 Å². The molecule has 1 saturated heterocycles. The predicted molar refractivity (Wildman–Crippen MR) is 244 cm³/mol. The van der Waals surface area contributed by atoms with Crippen molar-refractivity contribution < 1.29 is 93.3 Å². The van der Waals surface area contributed by atoms with Crippen LogP contribution < -0.4 is 15.4 Å². The maximum absolute atomic E-state index is 13.3. The van der Waals surface area contributed by atoms with Gasteiger partial charge in [0, 0.05) is 36.1 Å². The van der Waals surface area contributed by atoms with E-state index in [2.05, 4.69) is 10.6 Å². The van der Waals surface area contributed by atoms with Crippen LogP contribution in [0.4, 0.5) is 5.69 Å². The number of phenols is 8. The molecule has 2 aliphatic rings. The third-order valence-electron chi connectivity index (χ3n) is 11.3. The molecule has 0 bridgehead atoms. The summed E-state index contributed by atoms with van der Waals surface area (Å²) in [6, 6.07) is 10.8. The number of amides is 2. The molecular weight excluding hydrogens is 921 g/mol. The summed E-state index contributed by atoms with van der Waals surface area (Å²) in [6.45, 7) is 8.70. The van der Waals surface area contributed by atoms with Gasteiger partial charge >= 0.3 is 23.9 Å². The van der Waals surface area contributed by atoms with E-state index >= 15 is 0 Å². The Hall–Kier alpha value is -8.10. The lowest BCUT2D eigenvalue weighted by Crippen LogP contribution is -2.50. The van der Waals surface area contributed by atoms with Gasteiger partial charge in [-0.15, -0.1) is 0 Å². The number of ether oxygens (including phenoxy) is 5. The summed E-state index contributed by atoms with van der Waals surface area (Å²) in [5.74, 6) is -8.70. The molecule has 0 aliphatic carbocycles. The van der Waals surface area contributed by atoms with Crippen molar-refractivity contribution in [3.63, 3.8) is 0 Å². The third-order valence-corrected chi connectivity index (χ3v) is 11.3. The summed E-state index contributed by atoms with van der Waals surface area (Å²) < 4.78 is 28.3. The van der Waals surface area contributed by atoms with Gasteiger partial charge in [0.2, 0.25) is 6.41 Å². The number of aromatic hydroxyl groups is 8. The maximum Gasteiger partial charge on any atom is 0.338 e. The van der Waals surface area contributed by atoms with Crippen molar-refractivity contribution in [2.75, 3.05) is 5.32 Å². The largest absolute Gasteiger partial charge is 0.508 e. The number of nitrogens with one attached hydrogen (secondary N) is 2. The van der Waals surface area contributed by atoms with Gasteiger partial charge in [0.15, 0.2) is 52.7 Å². The first-order valence-electron chi connectivity index (χ1n) is 22.3. The van der Waals surface area contributed by atoms with Gasteiger partial charge in [-0.2, -0.15) is 0 Å². The number of rotatable bonds is 14. The van der Waals surface area contributed by atoms with E-state index in [0.29, 0.717) is 24.8 Å². The van der Waals surface area contributed by atoms with Crippen molar-refractivity contribution >= 4 is 41.9 Å². The zero-order valence-electron chi connectivity index (χ0n) is 38.8. The molecule has 0 spiro atoms. The first-order valence-corrected chi connectivity index (χ1v) is 22.3. The van der Waals surface area contributed by atoms with Crippen LogP contribution in [0.3, 0.4) is 0 Å². The van der Waals surface area contributed by atoms with Crippen LogP contribution >= 0.6 is 0 Å². The molecule has 0 saturated carbocycles. The second kappa shape index (κ2) is 23.3. The summed E-state index contributed by atoms with van der Waals surface area (Å²) in [5.41, 5.74) is 0.109. The molecule has 70 heavy (non-hydrogen) atoms. The van der Waals surface area contributed by atoms with E-state index in [4.69, 9.17) is 23.7 Å². The Kier molecular flexibility index (Phi) is 17.6. The Balaban J connectivity index is 0.000000264. The molecule has 21 heteroatoms. The average molecular weight is 977 g/mol. The summed E-state index contributed by atoms with van der Waals surface area (Å²) >= 11 is 0. The fourth-order valence-corrected chi connectivity index (χ4v) is 7.70. The van der Waals surface area contributed by atoms with Crippen LogP contribution in [0.15, 0.2) is 60.7 Å². The average Bonchev–Trinajstić information content (AvgIpc) is 3.31. The molecule has 10 N–H and O–H groups in total. The summed E-state index contributed by atoms with van der Waals surface area (Å²) in [7, 11) is 0. The Morgan fingerprint density at radius 3 is 2.10 bits per heavy atom. The topological polar surface area (TPSA) is 334 Å². The summed E-state index contributed by atoms with van der Waals surface area (Å²) in [6.07, 6.45) is -2.06. The Labute approximate surface area is 401 Å². The van der Waals surface area contributed by atoms with Crippen molar-refractivity contribution in [2.24, 2.45) is 11.8 Å². The van der Waals surface area contributed by atoms with Crippen LogP contribution in [-0.2, 0) is 44.5 Å². The van der Waals surface area contributed by atoms with E-state index in [1.54, 1.807) is 0 Å². The van der Waals surface area contributed by atoms with Crippen LogP contribution in [0.1, 0.15) is 105 Å². The molecule has 0 aromatic heterocycles. The number of carbonyl (C=O) groups is 6. The van der Waals surface area contributed by atoms with Gasteiger partial charge in [-0.05, 0) is 62.6 Å². The van der Waals surface area contributed by atoms with E-state index in [1.165, 1.54) is 56.3 Å². The lowest BCUT2D eigenvalue weighted by Gasteiger charge is -2.34. The number of benzene rings is 4. The summed E-state index contributed by atoms with van der Waals surface area (Å²) in [4.78, 5) is 75.4. The highest BCUT2D eigenvalue weighted by Crippen LogP contribution is 2.44. The van der Waals surface area contributed by atoms with Gasteiger partial charge in [0.05, 0.1) is 22.7 Å². The van der Waals surface area contributed by atoms with Crippen molar-refractivity contribution in [2.45, 2.75) is 110 Å². The Morgan fingerprint density at radius 1 is 0.771 bits per heavy atom. The highest BCUT2D eigenvalue weighted by atomic mass is 16.6. The van der Waals surface area contributed by atoms with E-state index < -0.39 is 101 Å². The smallest absolute Gasteiger partial charge is 0.338 e. The second-order valence-electron chi connectivity index (χ2n) is 17.1. The van der Waals surface area contributed by atoms with Crippen LogP contribution in [0.25, 0.3) is 0 Å². The van der Waals surface area contributed by atoms with Crippen molar-refractivity contribution in [1.82, 2.24) is 5.32 Å². The number of hydrogen-bond donors (Lipinski definition) is 10. The number of cyclic esters (lactones) is 2. The minimum Gasteiger partial charge on any atom is -0.508 e. The first kappa shape index (κ1) is 52.9. The lowest BCUT2D eigenvalue weighted by atomic mass is 9.92. The molecule has 2 amide bonds. The van der Waals surface area contributed by atoms with E-state index in [1.807, 2.05) is 20.8 Å². The molecule has 4 aromatic carbocycles. The fraction of sp³-hybridized carbons (Fsp3) is 0.388. The molecule has 2 heterocycles. The Bertz CT molecular complexity index is 2560. The van der Waals surface area contributed by atoms with Crippen LogP contribution in [-0.4, -0.2) is 108 Å². The Morgan fingerprint density at radius 2 is 1.46 bits per heavy atom. The molecule has 376 valence electrons. The zero-order valence-corrected chi connectivity index (χ0v) is 38.8. The van der Waals surface area contributed by atoms with E-state index in [0.717, 1.165) is 31.0 Å². The zero-order chi connectivity index (χ0) is 51.6. The highest BCUT2D eigenvalue weighted by molar-refractivity contribution is 6.01. The molecule has 6 rings (SSSR count). The number of unbranched alkanes of at least 4 members (excludes halogenated alkanes) is 2. The summed E-state index contributed by atoms with van der Waals surface area (Å²) in [5, 5.41) is 83.3. The third kappa shape index (κ3) is 12.9. The molecule has 4 aromatic rings. The number of carbonyl (C=O) groups excluding carboxylic acids is 6. The van der Waals surface area contributed by atoms with Gasteiger partial charge in [-0.1, -0.05) is 52.2 Å². The lowest BCUT2D eigenvalue weighted by molar-refractivity contribution is -0.175. The van der Waals surface area contributed by atoms with Crippen molar-refractivity contribution in [3.8, 4) is 51.7 Å². The quantitative estimate of drug-likeness (QED) is 0.0241. The molecular formula is C49H56N2O19. The first-order chi connectivity index (χ1) is 33.1. The number of hydrogen-bond acceptors (Lipinski definition) is 19. The monoisotopic (exact) mass is 976 g/mol. The van der Waals surface area contributed by atoms with Gasteiger partial charge in [-0.3, -0.25) is 19.2 Å². The van der Waals surface area contributed by atoms with Gasteiger partial charge in [-0.25, -0.2) is 9.59 Å². The second-order valence-corrected chi connectivity index (χ2v) is 17.1. The standard InChI is InChI=1S/C27H38N2O9.C22H18O10/c1-6-7-8-10-19-24(38-21(31)13-15(2)3)17(5)37-27(35)22(16(4)36-26(19)34)29-25(33)18-11-9-12-20(23(18)32)28-14-30;23-11-6-14(25)12-8-19(32-22(30)10-4-16(27)20(29)17(28)5-10)21(31-18(12)7-11)9-1-2-13(24)15(26)3-9/h9,11-12,14-17,19,22,24,32H,6-8,10,13H2,1-5H3,(H,28,30)(H,29,33);1-7,19,21,23-29H,8H2.